The van der Waals surface area contributed by atoms with Crippen LogP contribution in [0.2, 0.25) is 0 Å². The zero-order valence-corrected chi connectivity index (χ0v) is 31.7. The smallest absolute Gasteiger partial charge is 0.361 e. The van der Waals surface area contributed by atoms with Gasteiger partial charge in [0.05, 0.1) is 34.4 Å². The molecule has 0 spiro atoms. The third kappa shape index (κ3) is 32.6. The number of carbonyl (C=O) groups is 3. The fraction of sp³-hybridized carbons (Fsp3) is 0.872. The summed E-state index contributed by atoms with van der Waals surface area (Å²) in [6, 6.07) is 0. The molecule has 0 aromatic rings. The number of carboxylic acid groups (broad SMARTS) is 1. The topological polar surface area (TPSA) is 108 Å². The molecule has 0 aliphatic carbocycles. The Bertz CT molecular complexity index is 810. The van der Waals surface area contributed by atoms with Gasteiger partial charge in [0.1, 0.15) is 13.2 Å². The van der Waals surface area contributed by atoms with E-state index in [-0.39, 0.29) is 32.2 Å². The summed E-state index contributed by atoms with van der Waals surface area (Å²) in [7, 11) is 5.93. The Morgan fingerprint density at radius 2 is 1.06 bits per heavy atom. The first-order valence-electron chi connectivity index (χ1n) is 19.4. The number of hydrogen-bond acceptors (Lipinski definition) is 7. The number of carboxylic acids is 1. The fourth-order valence-electron chi connectivity index (χ4n) is 5.18. The lowest BCUT2D eigenvalue weighted by molar-refractivity contribution is -0.870. The van der Waals surface area contributed by atoms with Crippen molar-refractivity contribution < 1.29 is 42.9 Å². The third-order valence-electron chi connectivity index (χ3n) is 8.27. The highest BCUT2D eigenvalue weighted by Gasteiger charge is 2.25. The molecular weight excluding hydrogens is 610 g/mol. The number of carbonyl (C=O) groups excluding carboxylic acids is 2. The second-order valence-electron chi connectivity index (χ2n) is 14.2. The Hall–Kier alpha value is -1.97. The number of allylic oxidation sites excluding steroid dienone is 2. The SMILES string of the molecule is CCCCCCCCC/C=C\CCCCCCCCCC(=O)OC(COC(=O)CCCCCCC)COC(OCC[N+](C)(C)C)C(=O)O. The minimum atomic E-state index is -1.50. The summed E-state index contributed by atoms with van der Waals surface area (Å²) in [4.78, 5) is 36.6. The number of ether oxygens (including phenoxy) is 4. The second kappa shape index (κ2) is 32.2. The first-order chi connectivity index (χ1) is 23.1. The van der Waals surface area contributed by atoms with Crippen molar-refractivity contribution >= 4 is 17.9 Å². The molecule has 0 aliphatic rings. The van der Waals surface area contributed by atoms with Crippen LogP contribution in [0, 0.1) is 0 Å². The largest absolute Gasteiger partial charge is 0.477 e. The molecule has 0 rings (SSSR count). The molecule has 0 aromatic carbocycles. The maximum absolute atomic E-state index is 12.6. The molecule has 2 atom stereocenters. The van der Waals surface area contributed by atoms with E-state index in [4.69, 9.17) is 18.9 Å². The van der Waals surface area contributed by atoms with Crippen molar-refractivity contribution in [1.29, 1.82) is 0 Å². The van der Waals surface area contributed by atoms with Crippen molar-refractivity contribution in [3.63, 3.8) is 0 Å². The van der Waals surface area contributed by atoms with Gasteiger partial charge in [-0.1, -0.05) is 122 Å². The van der Waals surface area contributed by atoms with E-state index >= 15 is 0 Å². The lowest BCUT2D eigenvalue weighted by Crippen LogP contribution is -2.40. The molecule has 2 unspecified atom stereocenters. The van der Waals surface area contributed by atoms with Crippen molar-refractivity contribution in [2.24, 2.45) is 0 Å². The summed E-state index contributed by atoms with van der Waals surface area (Å²) in [5, 5.41) is 9.54. The molecule has 0 radical (unpaired) electrons. The van der Waals surface area contributed by atoms with Crippen LogP contribution in [-0.4, -0.2) is 87.4 Å². The van der Waals surface area contributed by atoms with Crippen LogP contribution in [0.15, 0.2) is 12.2 Å². The molecule has 0 amide bonds. The third-order valence-corrected chi connectivity index (χ3v) is 8.27. The van der Waals surface area contributed by atoms with Gasteiger partial charge < -0.3 is 28.5 Å². The van der Waals surface area contributed by atoms with Crippen LogP contribution < -0.4 is 0 Å². The summed E-state index contributed by atoms with van der Waals surface area (Å²) in [5.41, 5.74) is 0. The Balaban J connectivity index is 4.34. The second-order valence-corrected chi connectivity index (χ2v) is 14.2. The molecule has 0 saturated carbocycles. The first-order valence-corrected chi connectivity index (χ1v) is 19.4. The van der Waals surface area contributed by atoms with Gasteiger partial charge in [0, 0.05) is 12.8 Å². The van der Waals surface area contributed by atoms with Crippen LogP contribution >= 0.6 is 0 Å². The van der Waals surface area contributed by atoms with Gasteiger partial charge in [-0.15, -0.1) is 0 Å². The van der Waals surface area contributed by atoms with Crippen molar-refractivity contribution in [2.45, 2.75) is 174 Å². The summed E-state index contributed by atoms with van der Waals surface area (Å²) in [6.07, 6.45) is 27.4. The van der Waals surface area contributed by atoms with Crippen LogP contribution in [0.3, 0.4) is 0 Å². The summed E-state index contributed by atoms with van der Waals surface area (Å²) in [5.74, 6) is -2.03. The van der Waals surface area contributed by atoms with Crippen LogP contribution in [-0.2, 0) is 33.3 Å². The van der Waals surface area contributed by atoms with Crippen molar-refractivity contribution in [1.82, 2.24) is 0 Å². The number of hydrogen-bond donors (Lipinski definition) is 1. The van der Waals surface area contributed by atoms with Crippen LogP contribution in [0.5, 0.6) is 0 Å². The summed E-state index contributed by atoms with van der Waals surface area (Å²) in [6.45, 7) is 4.76. The maximum Gasteiger partial charge on any atom is 0.361 e. The molecule has 9 nitrogen and oxygen atoms in total. The van der Waals surface area contributed by atoms with E-state index in [1.807, 2.05) is 21.1 Å². The number of nitrogens with zero attached hydrogens (tertiary/aromatic N) is 1. The number of aliphatic carboxylic acids is 1. The van der Waals surface area contributed by atoms with Crippen molar-refractivity contribution in [3.05, 3.63) is 12.2 Å². The molecule has 1 N–H and O–H groups in total. The average Bonchev–Trinajstić information content (AvgIpc) is 3.03. The van der Waals surface area contributed by atoms with Gasteiger partial charge in [-0.2, -0.15) is 0 Å². The van der Waals surface area contributed by atoms with E-state index in [1.54, 1.807) is 0 Å². The van der Waals surface area contributed by atoms with Gasteiger partial charge >= 0.3 is 17.9 Å². The van der Waals surface area contributed by atoms with E-state index in [0.717, 1.165) is 64.2 Å². The van der Waals surface area contributed by atoms with Crippen LogP contribution in [0.25, 0.3) is 0 Å². The first kappa shape index (κ1) is 46.0. The minimum absolute atomic E-state index is 0.181. The fourth-order valence-corrected chi connectivity index (χ4v) is 5.18. The van der Waals surface area contributed by atoms with Gasteiger partial charge in [0.15, 0.2) is 6.10 Å². The summed E-state index contributed by atoms with van der Waals surface area (Å²) < 4.78 is 22.5. The predicted octanol–water partition coefficient (Wildman–Crippen LogP) is 9.16. The zero-order chi connectivity index (χ0) is 35.7. The maximum atomic E-state index is 12.6. The normalized spacial score (nSPS) is 13.1. The highest BCUT2D eigenvalue weighted by molar-refractivity contribution is 5.71. The zero-order valence-electron chi connectivity index (χ0n) is 31.7. The quantitative estimate of drug-likeness (QED) is 0.0232. The van der Waals surface area contributed by atoms with E-state index in [0.29, 0.717) is 17.4 Å². The molecule has 0 heterocycles. The Kier molecular flexibility index (Phi) is 30.9. The van der Waals surface area contributed by atoms with E-state index < -0.39 is 24.3 Å². The van der Waals surface area contributed by atoms with Crippen molar-refractivity contribution in [2.75, 3.05) is 47.5 Å². The number of likely N-dealkylation sites (N-methyl/N-ethyl adjacent to an activating group) is 1. The van der Waals surface area contributed by atoms with Gasteiger partial charge in [-0.25, -0.2) is 4.79 Å². The number of esters is 2. The monoisotopic (exact) mass is 685 g/mol. The van der Waals surface area contributed by atoms with E-state index in [1.165, 1.54) is 70.6 Å². The van der Waals surface area contributed by atoms with Gasteiger partial charge in [-0.3, -0.25) is 9.59 Å². The number of quaternary nitrogens is 1. The average molecular weight is 685 g/mol. The van der Waals surface area contributed by atoms with E-state index in [9.17, 15) is 19.5 Å². The Morgan fingerprint density at radius 3 is 1.54 bits per heavy atom. The molecule has 282 valence electrons. The molecule has 0 aliphatic heterocycles. The minimum Gasteiger partial charge on any atom is -0.477 e. The van der Waals surface area contributed by atoms with Crippen LogP contribution in [0.1, 0.15) is 162 Å². The standard InChI is InChI=1S/C39H73NO8/c1-6-8-10-12-13-14-15-16-17-18-19-20-21-22-23-24-26-28-30-37(42)48-35(33-46-36(41)29-27-25-11-9-7-2)34-47-39(38(43)44)45-32-31-40(3,4)5/h17-18,35,39H,6-16,19-34H2,1-5H3/p+1/b18-17-. The van der Waals surface area contributed by atoms with Gasteiger partial charge in [0.25, 0.3) is 6.29 Å². The van der Waals surface area contributed by atoms with Gasteiger partial charge in [-0.05, 0) is 38.5 Å². The molecule has 0 bridgehead atoms. The molecule has 0 saturated heterocycles. The molecule has 0 aromatic heterocycles. The Labute approximate surface area is 294 Å². The molecule has 9 heteroatoms. The number of rotatable bonds is 35. The van der Waals surface area contributed by atoms with E-state index in [2.05, 4.69) is 26.0 Å². The predicted molar refractivity (Wildman–Crippen MR) is 194 cm³/mol. The molecule has 48 heavy (non-hydrogen) atoms. The van der Waals surface area contributed by atoms with Gasteiger partial charge in [0.2, 0.25) is 0 Å². The molecule has 0 fully saturated rings. The Morgan fingerprint density at radius 1 is 0.604 bits per heavy atom. The highest BCUT2D eigenvalue weighted by Crippen LogP contribution is 2.13. The summed E-state index contributed by atoms with van der Waals surface area (Å²) >= 11 is 0. The highest BCUT2D eigenvalue weighted by atomic mass is 16.7. The van der Waals surface area contributed by atoms with Crippen LogP contribution in [0.4, 0.5) is 0 Å². The lowest BCUT2D eigenvalue weighted by atomic mass is 10.1. The molecular formula is C39H74NO8+. The lowest BCUT2D eigenvalue weighted by Gasteiger charge is -2.25. The van der Waals surface area contributed by atoms with Crippen molar-refractivity contribution in [3.8, 4) is 0 Å². The number of unbranched alkanes of at least 4 members (excludes halogenated alkanes) is 18.